The second-order valence-corrected chi connectivity index (χ2v) is 7.54. The molecular weight excluding hydrogens is 268 g/mol. The topological polar surface area (TPSA) is 67.6 Å². The van der Waals surface area contributed by atoms with Crippen LogP contribution in [0.1, 0.15) is 60.3 Å². The zero-order valence-corrected chi connectivity index (χ0v) is 14.4. The summed E-state index contributed by atoms with van der Waals surface area (Å²) in [6, 6.07) is 0. The van der Waals surface area contributed by atoms with Crippen molar-refractivity contribution in [1.82, 2.24) is 10.4 Å². The van der Waals surface area contributed by atoms with Gasteiger partial charge in [0.25, 0.3) is 0 Å². The van der Waals surface area contributed by atoms with Gasteiger partial charge < -0.3 is 20.4 Å². The molecular formula is C16H35N2O3+. The van der Waals surface area contributed by atoms with E-state index in [1.165, 1.54) is 0 Å². The maximum atomic E-state index is 9.96. The van der Waals surface area contributed by atoms with Gasteiger partial charge in [-0.25, -0.2) is 0 Å². The molecule has 1 saturated heterocycles. The van der Waals surface area contributed by atoms with Gasteiger partial charge in [-0.3, -0.25) is 0 Å². The van der Waals surface area contributed by atoms with Crippen LogP contribution in [0.5, 0.6) is 0 Å². The molecule has 0 aromatic heterocycles. The first kappa shape index (κ1) is 18.8. The molecule has 1 rings (SSSR count). The number of unbranched alkanes of at least 4 members (excludes halogenated alkanes) is 1. The van der Waals surface area contributed by atoms with Crippen LogP contribution in [-0.2, 0) is 4.74 Å². The highest BCUT2D eigenvalue weighted by molar-refractivity contribution is 4.96. The summed E-state index contributed by atoms with van der Waals surface area (Å²) in [6.07, 6.45) is 3.61. The molecule has 1 heterocycles. The number of hydrogen-bond acceptors (Lipinski definition) is 4. The number of hydroxylamine groups is 2. The first-order valence-corrected chi connectivity index (χ1v) is 8.21. The molecule has 1 aliphatic rings. The van der Waals surface area contributed by atoms with Gasteiger partial charge >= 0.3 is 0 Å². The lowest BCUT2D eigenvalue weighted by molar-refractivity contribution is -0.262. The molecule has 0 aliphatic carbocycles. The lowest BCUT2D eigenvalue weighted by Gasteiger charge is -2.47. The molecule has 0 amide bonds. The van der Waals surface area contributed by atoms with Gasteiger partial charge in [-0.05, 0) is 53.5 Å². The molecule has 1 atom stereocenters. The van der Waals surface area contributed by atoms with Crippen molar-refractivity contribution in [3.05, 3.63) is 0 Å². The van der Waals surface area contributed by atoms with E-state index in [4.69, 9.17) is 9.94 Å². The van der Waals surface area contributed by atoms with Gasteiger partial charge in [-0.15, -0.1) is 0 Å². The molecule has 21 heavy (non-hydrogen) atoms. The molecule has 0 aromatic carbocycles. The van der Waals surface area contributed by atoms with Crippen molar-refractivity contribution in [3.63, 3.8) is 0 Å². The van der Waals surface area contributed by atoms with Gasteiger partial charge in [-0.1, -0.05) is 18.4 Å². The van der Waals surface area contributed by atoms with E-state index < -0.39 is 6.10 Å². The highest BCUT2D eigenvalue weighted by Crippen LogP contribution is 2.37. The summed E-state index contributed by atoms with van der Waals surface area (Å²) in [5.41, 5.74) is -0.395. The molecule has 1 fully saturated rings. The second kappa shape index (κ2) is 7.88. The Morgan fingerprint density at radius 2 is 1.86 bits per heavy atom. The molecule has 0 spiro atoms. The fourth-order valence-electron chi connectivity index (χ4n) is 3.18. The van der Waals surface area contributed by atoms with Crippen LogP contribution in [0.15, 0.2) is 0 Å². The molecule has 5 heteroatoms. The third-order valence-corrected chi connectivity index (χ3v) is 4.28. The van der Waals surface area contributed by atoms with E-state index in [0.29, 0.717) is 13.2 Å². The number of piperidine rings is 1. The summed E-state index contributed by atoms with van der Waals surface area (Å²) >= 11 is 0. The van der Waals surface area contributed by atoms with E-state index in [1.807, 2.05) is 0 Å². The third kappa shape index (κ3) is 5.83. The van der Waals surface area contributed by atoms with E-state index in [1.54, 1.807) is 5.06 Å². The monoisotopic (exact) mass is 303 g/mol. The van der Waals surface area contributed by atoms with Gasteiger partial charge in [-0.2, -0.15) is 0 Å². The van der Waals surface area contributed by atoms with Gasteiger partial charge in [0.05, 0.1) is 29.9 Å². The van der Waals surface area contributed by atoms with Crippen LogP contribution < -0.4 is 5.32 Å². The lowest BCUT2D eigenvalue weighted by atomic mass is 9.80. The Morgan fingerprint density at radius 1 is 1.29 bits per heavy atom. The molecule has 126 valence electrons. The van der Waals surface area contributed by atoms with E-state index in [9.17, 15) is 5.11 Å². The summed E-state index contributed by atoms with van der Waals surface area (Å²) < 4.78 is 5.92. The van der Waals surface area contributed by atoms with Gasteiger partial charge in [0.2, 0.25) is 0 Å². The number of rotatable bonds is 8. The Balaban J connectivity index is 2.35. The van der Waals surface area contributed by atoms with Crippen molar-refractivity contribution in [2.24, 2.45) is 0 Å². The minimum Gasteiger partial charge on any atom is -0.389 e. The van der Waals surface area contributed by atoms with E-state index >= 15 is 0 Å². The van der Waals surface area contributed by atoms with Crippen molar-refractivity contribution in [2.75, 3.05) is 19.7 Å². The maximum absolute atomic E-state index is 9.96. The summed E-state index contributed by atoms with van der Waals surface area (Å²) in [4.78, 5) is 0. The number of ether oxygens (including phenoxy) is 1. The first-order valence-electron chi connectivity index (χ1n) is 8.21. The van der Waals surface area contributed by atoms with E-state index in [2.05, 4.69) is 39.9 Å². The minimum atomic E-state index is -0.456. The largest absolute Gasteiger partial charge is 0.389 e. The zero-order chi connectivity index (χ0) is 16.1. The van der Waals surface area contributed by atoms with Crippen molar-refractivity contribution >= 4 is 0 Å². The first-order chi connectivity index (χ1) is 9.69. The number of hydrogen-bond donors (Lipinski definition) is 2. The Hall–Kier alpha value is -0.200. The number of aliphatic hydroxyl groups excluding tert-OH is 1. The van der Waals surface area contributed by atoms with Crippen LogP contribution in [0, 0.1) is 0 Å². The van der Waals surface area contributed by atoms with Crippen LogP contribution >= 0.6 is 0 Å². The fraction of sp³-hybridized carbons (Fsp3) is 1.00. The quantitative estimate of drug-likeness (QED) is 0.525. The predicted octanol–water partition coefficient (Wildman–Crippen LogP) is 1.41. The molecule has 1 aliphatic heterocycles. The smallest absolute Gasteiger partial charge is 0.0897 e. The minimum absolute atomic E-state index is 0.113. The molecule has 0 saturated carbocycles. The highest BCUT2D eigenvalue weighted by Gasteiger charge is 2.48. The SMILES string of the molecule is CCCCNCC(O)COC1CC(C)(C)N([OH2+])C(C)(C)C1. The van der Waals surface area contributed by atoms with Crippen molar-refractivity contribution in [1.29, 1.82) is 0 Å². The van der Waals surface area contributed by atoms with Crippen molar-refractivity contribution in [2.45, 2.75) is 83.6 Å². The summed E-state index contributed by atoms with van der Waals surface area (Å²) in [5.74, 6) is 0. The molecule has 1 unspecified atom stereocenters. The van der Waals surface area contributed by atoms with E-state index in [-0.39, 0.29) is 17.2 Å². The van der Waals surface area contributed by atoms with Gasteiger partial charge in [0.1, 0.15) is 0 Å². The zero-order valence-electron chi connectivity index (χ0n) is 14.4. The van der Waals surface area contributed by atoms with Crippen LogP contribution in [-0.4, -0.2) is 58.4 Å². The standard InChI is InChI=1S/C16H34N2O3/c1-6-7-8-17-11-13(19)12-21-14-9-15(2,3)18(20)16(4,5)10-14/h13-14,17,19-20H,6-12H2,1-5H3/p+1. The summed E-state index contributed by atoms with van der Waals surface area (Å²) in [6.45, 7) is 12.4. The molecule has 4 N–H and O–H groups in total. The highest BCUT2D eigenvalue weighted by atomic mass is 16.5. The average molecular weight is 303 g/mol. The molecule has 5 nitrogen and oxygen atoms in total. The lowest BCUT2D eigenvalue weighted by Crippen LogP contribution is -2.60. The number of aliphatic hydroxyl groups is 1. The summed E-state index contributed by atoms with van der Waals surface area (Å²) in [5, 5.41) is 23.1. The van der Waals surface area contributed by atoms with Crippen LogP contribution in [0.4, 0.5) is 0 Å². The Morgan fingerprint density at radius 3 is 2.38 bits per heavy atom. The Labute approximate surface area is 129 Å². The molecule has 0 radical (unpaired) electrons. The fourth-order valence-corrected chi connectivity index (χ4v) is 3.18. The Kier molecular flexibility index (Phi) is 7.07. The summed E-state index contributed by atoms with van der Waals surface area (Å²) in [7, 11) is 0. The molecule has 0 bridgehead atoms. The Bertz CT molecular complexity index is 290. The van der Waals surface area contributed by atoms with Crippen LogP contribution in [0.3, 0.4) is 0 Å². The van der Waals surface area contributed by atoms with Gasteiger partial charge in [0.15, 0.2) is 0 Å². The van der Waals surface area contributed by atoms with Crippen LogP contribution in [0.2, 0.25) is 0 Å². The van der Waals surface area contributed by atoms with Crippen LogP contribution in [0.25, 0.3) is 0 Å². The van der Waals surface area contributed by atoms with Crippen molar-refractivity contribution in [3.8, 4) is 0 Å². The maximum Gasteiger partial charge on any atom is 0.0897 e. The van der Waals surface area contributed by atoms with Crippen molar-refractivity contribution < 1.29 is 15.1 Å². The van der Waals surface area contributed by atoms with E-state index in [0.717, 1.165) is 32.2 Å². The normalized spacial score (nSPS) is 24.1. The number of nitrogens with one attached hydrogen (secondary N) is 1. The molecule has 0 aromatic rings. The van der Waals surface area contributed by atoms with Gasteiger partial charge in [0, 0.05) is 6.54 Å². The predicted molar refractivity (Wildman–Crippen MR) is 86.4 cm³/mol. The third-order valence-electron chi connectivity index (χ3n) is 4.28. The average Bonchev–Trinajstić information content (AvgIpc) is 2.38. The second-order valence-electron chi connectivity index (χ2n) is 7.54. The number of nitrogens with zero attached hydrogens (tertiary/aromatic N) is 1.